The van der Waals surface area contributed by atoms with E-state index in [1.54, 1.807) is 6.33 Å². The molecule has 2 rings (SSSR count). The molecule has 0 spiro atoms. The van der Waals surface area contributed by atoms with Crippen molar-refractivity contribution in [2.75, 3.05) is 13.2 Å². The number of hydrogen-bond donors (Lipinski definition) is 2. The second-order valence-corrected chi connectivity index (χ2v) is 4.93. The van der Waals surface area contributed by atoms with Crippen LogP contribution in [0.2, 0.25) is 0 Å². The van der Waals surface area contributed by atoms with Gasteiger partial charge in [0.15, 0.2) is 0 Å². The van der Waals surface area contributed by atoms with Gasteiger partial charge in [-0.3, -0.25) is 5.10 Å². The van der Waals surface area contributed by atoms with Crippen LogP contribution in [0.3, 0.4) is 0 Å². The summed E-state index contributed by atoms with van der Waals surface area (Å²) in [5.74, 6) is 0.943. The molecule has 1 saturated heterocycles. The largest absolute Gasteiger partial charge is 0.375 e. The maximum Gasteiger partial charge on any atom is 0.137 e. The molecule has 1 aromatic heterocycles. The van der Waals surface area contributed by atoms with E-state index in [0.29, 0.717) is 6.04 Å². The van der Waals surface area contributed by atoms with Crippen LogP contribution in [-0.2, 0) is 11.2 Å². The third-order valence-corrected chi connectivity index (χ3v) is 2.96. The van der Waals surface area contributed by atoms with Gasteiger partial charge in [-0.25, -0.2) is 4.98 Å². The number of H-pyrrole nitrogens is 1. The van der Waals surface area contributed by atoms with Gasteiger partial charge in [-0.1, -0.05) is 0 Å². The average molecular weight is 224 g/mol. The second-order valence-electron chi connectivity index (χ2n) is 4.93. The molecule has 0 bridgehead atoms. The van der Waals surface area contributed by atoms with Gasteiger partial charge in [-0.05, 0) is 26.7 Å². The van der Waals surface area contributed by atoms with Crippen molar-refractivity contribution < 1.29 is 4.74 Å². The minimum absolute atomic E-state index is 0.0160. The molecule has 0 aromatic carbocycles. The van der Waals surface area contributed by atoms with E-state index < -0.39 is 0 Å². The van der Waals surface area contributed by atoms with E-state index in [-0.39, 0.29) is 5.60 Å². The predicted molar refractivity (Wildman–Crippen MR) is 61.1 cm³/mol. The molecule has 0 amide bonds. The molecule has 0 aliphatic carbocycles. The van der Waals surface area contributed by atoms with Crippen LogP contribution in [-0.4, -0.2) is 40.0 Å². The Morgan fingerprint density at radius 2 is 2.50 bits per heavy atom. The summed E-state index contributed by atoms with van der Waals surface area (Å²) in [5.41, 5.74) is 0.0160. The van der Waals surface area contributed by atoms with Crippen molar-refractivity contribution >= 4 is 0 Å². The van der Waals surface area contributed by atoms with E-state index in [9.17, 15) is 0 Å². The number of ether oxygens (including phenoxy) is 1. The van der Waals surface area contributed by atoms with E-state index >= 15 is 0 Å². The quantitative estimate of drug-likeness (QED) is 0.797. The van der Waals surface area contributed by atoms with Crippen LogP contribution in [0.1, 0.15) is 32.5 Å². The Morgan fingerprint density at radius 3 is 3.19 bits per heavy atom. The fraction of sp³-hybridized carbons (Fsp3) is 0.818. The highest BCUT2D eigenvalue weighted by Crippen LogP contribution is 2.23. The highest BCUT2D eigenvalue weighted by Gasteiger charge is 2.28. The lowest BCUT2D eigenvalue weighted by molar-refractivity contribution is -0.0627. The van der Waals surface area contributed by atoms with Gasteiger partial charge in [-0.2, -0.15) is 5.10 Å². The fourth-order valence-electron chi connectivity index (χ4n) is 2.15. The van der Waals surface area contributed by atoms with Crippen molar-refractivity contribution in [1.82, 2.24) is 20.5 Å². The summed E-state index contributed by atoms with van der Waals surface area (Å²) in [5, 5.41) is 10.2. The Bertz CT molecular complexity index is 310. The Balaban J connectivity index is 1.70. The highest BCUT2D eigenvalue weighted by molar-refractivity contribution is 4.85. The Morgan fingerprint density at radius 1 is 1.62 bits per heavy atom. The van der Waals surface area contributed by atoms with Gasteiger partial charge in [0.25, 0.3) is 0 Å². The van der Waals surface area contributed by atoms with Crippen molar-refractivity contribution in [1.29, 1.82) is 0 Å². The highest BCUT2D eigenvalue weighted by atomic mass is 16.5. The molecule has 5 heteroatoms. The summed E-state index contributed by atoms with van der Waals surface area (Å²) in [4.78, 5) is 4.10. The maximum atomic E-state index is 5.68. The molecule has 1 fully saturated rings. The van der Waals surface area contributed by atoms with Gasteiger partial charge in [-0.15, -0.1) is 0 Å². The van der Waals surface area contributed by atoms with Gasteiger partial charge in [0.05, 0.1) is 5.60 Å². The summed E-state index contributed by atoms with van der Waals surface area (Å²) in [6.45, 7) is 6.09. The van der Waals surface area contributed by atoms with Crippen LogP contribution in [0.25, 0.3) is 0 Å². The lowest BCUT2D eigenvalue weighted by Gasteiger charge is -2.35. The van der Waals surface area contributed by atoms with E-state index in [4.69, 9.17) is 4.74 Å². The summed E-state index contributed by atoms with van der Waals surface area (Å²) < 4.78 is 5.68. The second kappa shape index (κ2) is 4.93. The zero-order valence-electron chi connectivity index (χ0n) is 9.99. The van der Waals surface area contributed by atoms with E-state index in [1.165, 1.54) is 0 Å². The lowest BCUT2D eigenvalue weighted by Crippen LogP contribution is -2.44. The van der Waals surface area contributed by atoms with Gasteiger partial charge < -0.3 is 10.1 Å². The monoisotopic (exact) mass is 224 g/mol. The first-order valence-corrected chi connectivity index (χ1v) is 5.87. The molecule has 5 nitrogen and oxygen atoms in total. The summed E-state index contributed by atoms with van der Waals surface area (Å²) in [7, 11) is 0. The minimum Gasteiger partial charge on any atom is -0.375 e. The average Bonchev–Trinajstić information content (AvgIpc) is 2.69. The number of nitrogens with one attached hydrogen (secondary N) is 2. The zero-order chi connectivity index (χ0) is 11.4. The fourth-order valence-corrected chi connectivity index (χ4v) is 2.15. The van der Waals surface area contributed by atoms with E-state index in [2.05, 4.69) is 34.3 Å². The lowest BCUT2D eigenvalue weighted by atomic mass is 9.94. The van der Waals surface area contributed by atoms with Crippen LogP contribution in [0.5, 0.6) is 0 Å². The molecule has 2 N–H and O–H groups in total. The molecule has 1 atom stereocenters. The van der Waals surface area contributed by atoms with Crippen LogP contribution < -0.4 is 5.32 Å². The van der Waals surface area contributed by atoms with E-state index in [1.807, 2.05) is 0 Å². The first-order valence-electron chi connectivity index (χ1n) is 5.87. The third kappa shape index (κ3) is 3.28. The molecule has 1 unspecified atom stereocenters. The van der Waals surface area contributed by atoms with Crippen LogP contribution in [0.15, 0.2) is 6.33 Å². The summed E-state index contributed by atoms with van der Waals surface area (Å²) in [6.07, 6.45) is 4.62. The third-order valence-electron chi connectivity index (χ3n) is 2.96. The van der Waals surface area contributed by atoms with E-state index in [0.717, 1.165) is 38.2 Å². The SMILES string of the molecule is CC1(C)CC(NCCc2ncn[nH]2)CCO1. The van der Waals surface area contributed by atoms with Crippen LogP contribution in [0, 0.1) is 0 Å². The smallest absolute Gasteiger partial charge is 0.137 e. The number of rotatable bonds is 4. The van der Waals surface area contributed by atoms with Crippen LogP contribution >= 0.6 is 0 Å². The van der Waals surface area contributed by atoms with Gasteiger partial charge in [0, 0.05) is 25.6 Å². The Kier molecular flexibility index (Phi) is 3.56. The standard InChI is InChI=1S/C11H20N4O/c1-11(2)7-9(4-6-16-11)12-5-3-10-13-8-14-15-10/h8-9,12H,3-7H2,1-2H3,(H,13,14,15). The molecular formula is C11H20N4O. The molecule has 1 aliphatic heterocycles. The van der Waals surface area contributed by atoms with Crippen LogP contribution in [0.4, 0.5) is 0 Å². The number of hydrogen-bond acceptors (Lipinski definition) is 4. The zero-order valence-corrected chi connectivity index (χ0v) is 9.99. The van der Waals surface area contributed by atoms with Crippen molar-refractivity contribution in [2.24, 2.45) is 0 Å². The molecule has 90 valence electrons. The molecule has 16 heavy (non-hydrogen) atoms. The van der Waals surface area contributed by atoms with Crippen molar-refractivity contribution in [3.63, 3.8) is 0 Å². The molecule has 0 radical (unpaired) electrons. The number of aromatic amines is 1. The van der Waals surface area contributed by atoms with Gasteiger partial charge >= 0.3 is 0 Å². The Hall–Kier alpha value is -0.940. The predicted octanol–water partition coefficient (Wildman–Crippen LogP) is 0.894. The molecule has 2 heterocycles. The molecule has 0 saturated carbocycles. The normalized spacial score (nSPS) is 24.5. The van der Waals surface area contributed by atoms with Gasteiger partial charge in [0.2, 0.25) is 0 Å². The first-order chi connectivity index (χ1) is 7.66. The van der Waals surface area contributed by atoms with Crippen molar-refractivity contribution in [3.05, 3.63) is 12.2 Å². The molecular weight excluding hydrogens is 204 g/mol. The molecule has 1 aromatic rings. The van der Waals surface area contributed by atoms with Crippen molar-refractivity contribution in [2.45, 2.75) is 44.8 Å². The number of aromatic nitrogens is 3. The topological polar surface area (TPSA) is 62.8 Å². The van der Waals surface area contributed by atoms with Gasteiger partial charge in [0.1, 0.15) is 12.2 Å². The molecule has 1 aliphatic rings. The first kappa shape index (κ1) is 11.5. The summed E-state index contributed by atoms with van der Waals surface area (Å²) in [6, 6.07) is 0.562. The van der Waals surface area contributed by atoms with Crippen molar-refractivity contribution in [3.8, 4) is 0 Å². The maximum absolute atomic E-state index is 5.68. The Labute approximate surface area is 96.0 Å². The summed E-state index contributed by atoms with van der Waals surface area (Å²) >= 11 is 0. The number of nitrogens with zero attached hydrogens (tertiary/aromatic N) is 2. The minimum atomic E-state index is 0.0160.